The number of esters is 1. The average molecular weight is 606 g/mol. The zero-order valence-electron chi connectivity index (χ0n) is 23.5. The molecule has 0 radical (unpaired) electrons. The Hall–Kier alpha value is -3.58. The Kier molecular flexibility index (Phi) is 9.04. The third-order valence-electron chi connectivity index (χ3n) is 6.77. The molecule has 1 aromatic heterocycles. The minimum atomic E-state index is -0.597. The van der Waals surface area contributed by atoms with Crippen LogP contribution < -0.4 is 5.32 Å². The normalized spacial score (nSPS) is 12.3. The van der Waals surface area contributed by atoms with Gasteiger partial charge in [-0.1, -0.05) is 52.3 Å². The summed E-state index contributed by atoms with van der Waals surface area (Å²) in [5.41, 5.74) is 4.72. The van der Waals surface area contributed by atoms with E-state index in [1.807, 2.05) is 83.1 Å². The number of nitrogens with one attached hydrogen (secondary N) is 1. The van der Waals surface area contributed by atoms with Gasteiger partial charge in [0.05, 0.1) is 16.8 Å². The van der Waals surface area contributed by atoms with Gasteiger partial charge in [0.15, 0.2) is 0 Å². The van der Waals surface area contributed by atoms with Crippen molar-refractivity contribution in [2.45, 2.75) is 59.0 Å². The summed E-state index contributed by atoms with van der Waals surface area (Å²) < 4.78 is 20.6. The van der Waals surface area contributed by atoms with Crippen LogP contribution >= 0.6 is 15.9 Å². The van der Waals surface area contributed by atoms with Crippen LogP contribution in [0.4, 0.5) is 4.39 Å². The predicted octanol–water partition coefficient (Wildman–Crippen LogP) is 8.06. The van der Waals surface area contributed by atoms with Crippen molar-refractivity contribution >= 4 is 38.7 Å². The highest BCUT2D eigenvalue weighted by atomic mass is 79.9. The third kappa shape index (κ3) is 7.13. The van der Waals surface area contributed by atoms with Gasteiger partial charge in [0.2, 0.25) is 0 Å². The lowest BCUT2D eigenvalue weighted by Crippen LogP contribution is -2.30. The van der Waals surface area contributed by atoms with E-state index in [-0.39, 0.29) is 36.6 Å². The summed E-state index contributed by atoms with van der Waals surface area (Å²) in [4.78, 5) is 31.3. The first-order valence-electron chi connectivity index (χ1n) is 13.3. The zero-order chi connectivity index (χ0) is 29.0. The van der Waals surface area contributed by atoms with E-state index in [4.69, 9.17) is 9.72 Å². The molecular formula is C33H34BrFN2O3. The molecule has 40 heavy (non-hydrogen) atoms. The van der Waals surface area contributed by atoms with Crippen LogP contribution in [0.15, 0.2) is 71.2 Å². The van der Waals surface area contributed by atoms with Gasteiger partial charge >= 0.3 is 5.97 Å². The second-order valence-electron chi connectivity index (χ2n) is 11.0. The molecule has 3 aromatic carbocycles. The Morgan fingerprint density at radius 3 is 2.45 bits per heavy atom. The minimum absolute atomic E-state index is 0.149. The van der Waals surface area contributed by atoms with E-state index in [0.717, 1.165) is 37.8 Å². The number of carbonyl (C=O) groups excluding carboxylic acids is 2. The van der Waals surface area contributed by atoms with Crippen molar-refractivity contribution < 1.29 is 18.7 Å². The number of aromatic nitrogens is 1. The summed E-state index contributed by atoms with van der Waals surface area (Å²) in [6.07, 6.45) is 0.548. The Labute approximate surface area is 243 Å². The zero-order valence-corrected chi connectivity index (χ0v) is 25.1. The van der Waals surface area contributed by atoms with Gasteiger partial charge in [0.1, 0.15) is 11.4 Å². The highest BCUT2D eigenvalue weighted by Gasteiger charge is 2.23. The largest absolute Gasteiger partial charge is 0.460 e. The molecule has 0 aliphatic heterocycles. The second kappa shape index (κ2) is 12.3. The second-order valence-corrected chi connectivity index (χ2v) is 11.9. The fourth-order valence-corrected chi connectivity index (χ4v) is 5.27. The van der Waals surface area contributed by atoms with Crippen LogP contribution in [0, 0.1) is 19.7 Å². The quantitative estimate of drug-likeness (QED) is 0.206. The molecule has 0 aliphatic carbocycles. The lowest BCUT2D eigenvalue weighted by atomic mass is 9.90. The van der Waals surface area contributed by atoms with Gasteiger partial charge in [0.25, 0.3) is 5.91 Å². The Morgan fingerprint density at radius 2 is 1.75 bits per heavy atom. The van der Waals surface area contributed by atoms with E-state index in [9.17, 15) is 14.0 Å². The summed E-state index contributed by atoms with van der Waals surface area (Å²) in [7, 11) is 0. The van der Waals surface area contributed by atoms with E-state index < -0.39 is 5.60 Å². The molecule has 4 rings (SSSR count). The highest BCUT2D eigenvalue weighted by molar-refractivity contribution is 9.10. The van der Waals surface area contributed by atoms with Gasteiger partial charge in [-0.2, -0.15) is 0 Å². The van der Waals surface area contributed by atoms with Gasteiger partial charge in [-0.05, 0) is 88.1 Å². The van der Waals surface area contributed by atoms with E-state index in [0.29, 0.717) is 17.5 Å². The third-order valence-corrected chi connectivity index (χ3v) is 7.27. The number of rotatable bonds is 8. The maximum absolute atomic E-state index is 14.3. The minimum Gasteiger partial charge on any atom is -0.460 e. The first-order chi connectivity index (χ1) is 18.9. The van der Waals surface area contributed by atoms with Crippen molar-refractivity contribution in [1.29, 1.82) is 0 Å². The summed E-state index contributed by atoms with van der Waals surface area (Å²) in [5, 5.41) is 3.82. The molecule has 0 fully saturated rings. The van der Waals surface area contributed by atoms with E-state index in [2.05, 4.69) is 21.2 Å². The van der Waals surface area contributed by atoms with Crippen molar-refractivity contribution in [3.63, 3.8) is 0 Å². The monoisotopic (exact) mass is 604 g/mol. The summed E-state index contributed by atoms with van der Waals surface area (Å²) in [5.74, 6) is -1.23. The van der Waals surface area contributed by atoms with Crippen LogP contribution in [-0.4, -0.2) is 29.0 Å². The maximum atomic E-state index is 14.3. The highest BCUT2D eigenvalue weighted by Crippen LogP contribution is 2.32. The number of pyridine rings is 1. The lowest BCUT2D eigenvalue weighted by molar-refractivity contribution is -0.155. The van der Waals surface area contributed by atoms with Gasteiger partial charge in [-0.3, -0.25) is 9.59 Å². The van der Waals surface area contributed by atoms with Gasteiger partial charge in [0, 0.05) is 34.3 Å². The number of hydrogen-bond donors (Lipinski definition) is 1. The maximum Gasteiger partial charge on any atom is 0.306 e. The van der Waals surface area contributed by atoms with Crippen molar-refractivity contribution in [3.05, 3.63) is 99.3 Å². The van der Waals surface area contributed by atoms with Gasteiger partial charge < -0.3 is 10.1 Å². The number of ether oxygens (including phenoxy) is 1. The van der Waals surface area contributed by atoms with E-state index in [1.54, 1.807) is 6.07 Å². The molecule has 1 heterocycles. The van der Waals surface area contributed by atoms with Gasteiger partial charge in [-0.15, -0.1) is 0 Å². The fourth-order valence-electron chi connectivity index (χ4n) is 4.91. The smallest absolute Gasteiger partial charge is 0.306 e. The molecule has 1 unspecified atom stereocenters. The van der Waals surface area contributed by atoms with Gasteiger partial charge in [-0.25, -0.2) is 9.37 Å². The SMILES string of the molecule is Cc1ccc(F)cc1C(CCC(=O)OC(C)(C)C)CNC(=O)c1c(C)c(-c2ccccc2)nc2ccc(Br)cc12. The molecule has 0 aliphatic rings. The number of aryl methyl sites for hydroxylation is 1. The summed E-state index contributed by atoms with van der Waals surface area (Å²) in [6, 6.07) is 20.1. The van der Waals surface area contributed by atoms with Crippen molar-refractivity contribution in [2.75, 3.05) is 6.54 Å². The lowest BCUT2D eigenvalue weighted by Gasteiger charge is -2.23. The molecule has 0 saturated carbocycles. The van der Waals surface area contributed by atoms with Crippen LogP contribution in [0.2, 0.25) is 0 Å². The van der Waals surface area contributed by atoms with E-state index >= 15 is 0 Å². The first kappa shape index (κ1) is 29.4. The number of nitrogens with zero attached hydrogens (tertiary/aromatic N) is 1. The van der Waals surface area contributed by atoms with Crippen LogP contribution in [0.5, 0.6) is 0 Å². The molecular weight excluding hydrogens is 571 g/mol. The molecule has 7 heteroatoms. The molecule has 5 nitrogen and oxygen atoms in total. The molecule has 0 spiro atoms. The Morgan fingerprint density at radius 1 is 1.02 bits per heavy atom. The average Bonchev–Trinajstić information content (AvgIpc) is 2.89. The standard InChI is InChI=1S/C33H34BrFN2O3/c1-20-11-14-25(35)18-26(20)23(12-16-29(38)40-33(3,4)5)19-36-32(39)30-21(2)31(22-9-7-6-8-10-22)37-28-15-13-24(34)17-27(28)30/h6-11,13-15,17-18,23H,12,16,19H2,1-5H3,(H,36,39). The molecule has 0 bridgehead atoms. The fraction of sp³-hybridized carbons (Fsp3) is 0.303. The summed E-state index contributed by atoms with van der Waals surface area (Å²) in [6.45, 7) is 9.50. The van der Waals surface area contributed by atoms with Crippen LogP contribution in [0.3, 0.4) is 0 Å². The Bertz CT molecular complexity index is 1550. The van der Waals surface area contributed by atoms with Crippen LogP contribution in [-0.2, 0) is 9.53 Å². The number of fused-ring (bicyclic) bond motifs is 1. The molecule has 4 aromatic rings. The number of halogens is 2. The van der Waals surface area contributed by atoms with E-state index in [1.165, 1.54) is 12.1 Å². The number of carbonyl (C=O) groups is 2. The molecule has 1 amide bonds. The first-order valence-corrected chi connectivity index (χ1v) is 14.1. The topological polar surface area (TPSA) is 68.3 Å². The number of benzene rings is 3. The predicted molar refractivity (Wildman–Crippen MR) is 161 cm³/mol. The van der Waals surface area contributed by atoms with Crippen molar-refractivity contribution in [2.24, 2.45) is 0 Å². The number of hydrogen-bond acceptors (Lipinski definition) is 4. The molecule has 208 valence electrons. The number of amides is 1. The molecule has 0 saturated heterocycles. The molecule has 1 atom stereocenters. The van der Waals surface area contributed by atoms with Crippen molar-refractivity contribution in [3.8, 4) is 11.3 Å². The van der Waals surface area contributed by atoms with Crippen molar-refractivity contribution in [1.82, 2.24) is 10.3 Å². The molecule has 1 N–H and O–H groups in total. The summed E-state index contributed by atoms with van der Waals surface area (Å²) >= 11 is 3.53. The Balaban J connectivity index is 1.67. The van der Waals surface area contributed by atoms with Crippen LogP contribution in [0.1, 0.15) is 66.6 Å². The van der Waals surface area contributed by atoms with Crippen LogP contribution in [0.25, 0.3) is 22.2 Å².